The molecule has 0 aliphatic carbocycles. The first-order valence-electron chi connectivity index (χ1n) is 6.12. The van der Waals surface area contributed by atoms with Crippen LogP contribution in [0.25, 0.3) is 0 Å². The Kier molecular flexibility index (Phi) is 5.82. The third-order valence-corrected chi connectivity index (χ3v) is 4.14. The molecule has 0 bridgehead atoms. The molecule has 4 nitrogen and oxygen atoms in total. The maximum absolute atomic E-state index is 12.2. The van der Waals surface area contributed by atoms with Crippen LogP contribution >= 0.6 is 11.8 Å². The number of carboxylic acid groups (broad SMARTS) is 1. The number of amides is 1. The Balaban J connectivity index is 2.46. The molecule has 1 rings (SSSR count). The van der Waals surface area contributed by atoms with E-state index in [1.807, 2.05) is 30.5 Å². The summed E-state index contributed by atoms with van der Waals surface area (Å²) in [6, 6.07) is 0.155. The van der Waals surface area contributed by atoms with Crippen molar-refractivity contribution in [2.24, 2.45) is 5.92 Å². The van der Waals surface area contributed by atoms with Crippen LogP contribution in [-0.2, 0) is 9.59 Å². The number of nitrogens with zero attached hydrogens (tertiary/aromatic N) is 1. The molecule has 0 aromatic carbocycles. The Labute approximate surface area is 107 Å². The second-order valence-corrected chi connectivity index (χ2v) is 5.83. The molecule has 1 atom stereocenters. The number of rotatable bonds is 6. The number of hydrogen-bond donors (Lipinski definition) is 1. The smallest absolute Gasteiger partial charge is 0.303 e. The molecule has 5 heteroatoms. The Morgan fingerprint density at radius 2 is 2.18 bits per heavy atom. The van der Waals surface area contributed by atoms with Gasteiger partial charge in [-0.15, -0.1) is 0 Å². The Morgan fingerprint density at radius 1 is 1.47 bits per heavy atom. The van der Waals surface area contributed by atoms with Crippen LogP contribution in [0.2, 0.25) is 0 Å². The average Bonchev–Trinajstić information content (AvgIpc) is 2.75. The summed E-state index contributed by atoms with van der Waals surface area (Å²) in [5.41, 5.74) is 0. The van der Waals surface area contributed by atoms with E-state index in [4.69, 9.17) is 5.11 Å². The molecule has 0 radical (unpaired) electrons. The van der Waals surface area contributed by atoms with Crippen LogP contribution in [0.3, 0.4) is 0 Å². The number of thioether (sulfide) groups is 1. The number of aliphatic carboxylic acids is 1. The second kappa shape index (κ2) is 6.89. The highest BCUT2D eigenvalue weighted by atomic mass is 32.2. The van der Waals surface area contributed by atoms with Gasteiger partial charge in [-0.3, -0.25) is 9.59 Å². The van der Waals surface area contributed by atoms with Gasteiger partial charge in [0.2, 0.25) is 5.91 Å². The highest BCUT2D eigenvalue weighted by Crippen LogP contribution is 2.25. The molecule has 1 N–H and O–H groups in total. The van der Waals surface area contributed by atoms with E-state index in [9.17, 15) is 9.59 Å². The third-order valence-electron chi connectivity index (χ3n) is 2.98. The van der Waals surface area contributed by atoms with Gasteiger partial charge < -0.3 is 10.0 Å². The molecule has 1 unspecified atom stereocenters. The molecule has 0 aromatic rings. The standard InChI is InChI=1S/C12H21NO3S/c1-9(2)13(6-3-4-11(14)15)12(16)10-5-7-17-8-10/h9-10H,3-8H2,1-2H3,(H,14,15). The zero-order chi connectivity index (χ0) is 12.8. The fourth-order valence-electron chi connectivity index (χ4n) is 1.99. The minimum absolute atomic E-state index is 0.135. The van der Waals surface area contributed by atoms with Crippen molar-refractivity contribution in [3.05, 3.63) is 0 Å². The van der Waals surface area contributed by atoms with Crippen molar-refractivity contribution in [3.63, 3.8) is 0 Å². The summed E-state index contributed by atoms with van der Waals surface area (Å²) in [6.45, 7) is 4.53. The zero-order valence-corrected chi connectivity index (χ0v) is 11.3. The van der Waals surface area contributed by atoms with Gasteiger partial charge in [-0.05, 0) is 32.4 Å². The van der Waals surface area contributed by atoms with Gasteiger partial charge in [-0.25, -0.2) is 0 Å². The van der Waals surface area contributed by atoms with Gasteiger partial charge in [-0.1, -0.05) is 0 Å². The van der Waals surface area contributed by atoms with Gasteiger partial charge in [0.1, 0.15) is 0 Å². The fourth-order valence-corrected chi connectivity index (χ4v) is 3.20. The van der Waals surface area contributed by atoms with E-state index < -0.39 is 5.97 Å². The number of hydrogen-bond acceptors (Lipinski definition) is 3. The van der Waals surface area contributed by atoms with Gasteiger partial charge in [-0.2, -0.15) is 11.8 Å². The van der Waals surface area contributed by atoms with Crippen molar-refractivity contribution in [1.82, 2.24) is 4.90 Å². The minimum atomic E-state index is -0.794. The molecular formula is C12H21NO3S. The van der Waals surface area contributed by atoms with Gasteiger partial charge in [0.25, 0.3) is 0 Å². The van der Waals surface area contributed by atoms with Gasteiger partial charge >= 0.3 is 5.97 Å². The van der Waals surface area contributed by atoms with Crippen molar-refractivity contribution in [2.45, 2.75) is 39.2 Å². The van der Waals surface area contributed by atoms with Gasteiger partial charge in [0.05, 0.1) is 0 Å². The maximum Gasteiger partial charge on any atom is 0.303 e. The van der Waals surface area contributed by atoms with Crippen molar-refractivity contribution < 1.29 is 14.7 Å². The van der Waals surface area contributed by atoms with E-state index in [1.54, 1.807) is 0 Å². The van der Waals surface area contributed by atoms with E-state index in [2.05, 4.69) is 0 Å². The zero-order valence-electron chi connectivity index (χ0n) is 10.5. The SMILES string of the molecule is CC(C)N(CCCC(=O)O)C(=O)C1CCSC1. The molecule has 1 fully saturated rings. The first-order valence-corrected chi connectivity index (χ1v) is 7.28. The summed E-state index contributed by atoms with van der Waals surface area (Å²) < 4.78 is 0. The molecule has 1 aliphatic heterocycles. The van der Waals surface area contributed by atoms with Crippen molar-refractivity contribution in [3.8, 4) is 0 Å². The summed E-state index contributed by atoms with van der Waals surface area (Å²) in [4.78, 5) is 24.5. The maximum atomic E-state index is 12.2. The lowest BCUT2D eigenvalue weighted by molar-refractivity contribution is -0.139. The molecule has 17 heavy (non-hydrogen) atoms. The normalized spacial score (nSPS) is 19.6. The Morgan fingerprint density at radius 3 is 2.65 bits per heavy atom. The number of carboxylic acids is 1. The second-order valence-electron chi connectivity index (χ2n) is 4.68. The average molecular weight is 259 g/mol. The minimum Gasteiger partial charge on any atom is -0.481 e. The first kappa shape index (κ1) is 14.4. The molecular weight excluding hydrogens is 238 g/mol. The fraction of sp³-hybridized carbons (Fsp3) is 0.833. The molecule has 0 aromatic heterocycles. The largest absolute Gasteiger partial charge is 0.481 e. The molecule has 0 spiro atoms. The predicted molar refractivity (Wildman–Crippen MR) is 69.2 cm³/mol. The van der Waals surface area contributed by atoms with Crippen molar-refractivity contribution in [2.75, 3.05) is 18.1 Å². The summed E-state index contributed by atoms with van der Waals surface area (Å²) in [7, 11) is 0. The lowest BCUT2D eigenvalue weighted by atomic mass is 10.1. The van der Waals surface area contributed by atoms with Crippen LogP contribution in [0, 0.1) is 5.92 Å². The molecule has 98 valence electrons. The summed E-state index contributed by atoms with van der Waals surface area (Å²) >= 11 is 1.83. The molecule has 1 heterocycles. The van der Waals surface area contributed by atoms with E-state index in [0.29, 0.717) is 13.0 Å². The van der Waals surface area contributed by atoms with E-state index >= 15 is 0 Å². The lowest BCUT2D eigenvalue weighted by Crippen LogP contribution is -2.41. The van der Waals surface area contributed by atoms with E-state index in [0.717, 1.165) is 17.9 Å². The number of carbonyl (C=O) groups is 2. The van der Waals surface area contributed by atoms with Crippen LogP contribution in [0.15, 0.2) is 0 Å². The van der Waals surface area contributed by atoms with Gasteiger partial charge in [0.15, 0.2) is 0 Å². The van der Waals surface area contributed by atoms with Crippen LogP contribution in [0.5, 0.6) is 0 Å². The summed E-state index contributed by atoms with van der Waals surface area (Å²) in [6.07, 6.45) is 1.64. The number of carbonyl (C=O) groups excluding carboxylic acids is 1. The quantitative estimate of drug-likeness (QED) is 0.791. The highest BCUT2D eigenvalue weighted by Gasteiger charge is 2.28. The van der Waals surface area contributed by atoms with Crippen molar-refractivity contribution >= 4 is 23.6 Å². The van der Waals surface area contributed by atoms with Crippen LogP contribution in [0.4, 0.5) is 0 Å². The Bertz CT molecular complexity index is 275. The van der Waals surface area contributed by atoms with Gasteiger partial charge in [0, 0.05) is 30.7 Å². The molecule has 1 saturated heterocycles. The highest BCUT2D eigenvalue weighted by molar-refractivity contribution is 7.99. The molecule has 1 aliphatic rings. The molecule has 1 amide bonds. The lowest BCUT2D eigenvalue weighted by Gasteiger charge is -2.29. The summed E-state index contributed by atoms with van der Waals surface area (Å²) in [5, 5.41) is 8.61. The predicted octanol–water partition coefficient (Wildman–Crippen LogP) is 1.84. The van der Waals surface area contributed by atoms with Crippen LogP contribution in [-0.4, -0.2) is 46.0 Å². The van der Waals surface area contributed by atoms with Crippen LogP contribution < -0.4 is 0 Å². The van der Waals surface area contributed by atoms with E-state index in [-0.39, 0.29) is 24.3 Å². The van der Waals surface area contributed by atoms with Crippen LogP contribution in [0.1, 0.15) is 33.1 Å². The third kappa shape index (κ3) is 4.58. The monoisotopic (exact) mass is 259 g/mol. The van der Waals surface area contributed by atoms with E-state index in [1.165, 1.54) is 0 Å². The first-order chi connectivity index (χ1) is 8.02. The summed E-state index contributed by atoms with van der Waals surface area (Å²) in [5.74, 6) is 1.54. The Hall–Kier alpha value is -0.710. The molecule has 0 saturated carbocycles. The topological polar surface area (TPSA) is 57.6 Å². The van der Waals surface area contributed by atoms with Crippen molar-refractivity contribution in [1.29, 1.82) is 0 Å².